The second-order valence-electron chi connectivity index (χ2n) is 6.48. The highest BCUT2D eigenvalue weighted by Gasteiger charge is 2.36. The lowest BCUT2D eigenvalue weighted by Crippen LogP contribution is -2.20. The highest BCUT2D eigenvalue weighted by Crippen LogP contribution is 2.36. The zero-order chi connectivity index (χ0) is 22.4. The molecule has 0 aliphatic carbocycles. The Bertz CT molecular complexity index is 1310. The Balaban J connectivity index is 0.000000171. The molecule has 0 fully saturated rings. The number of ether oxygens (including phenoxy) is 2. The Hall–Kier alpha value is -2.63. The van der Waals surface area contributed by atoms with Crippen molar-refractivity contribution >= 4 is 42.7 Å². The average Bonchev–Trinajstić information content (AvgIpc) is 3.02. The standard InChI is InChI=1S/C9H8ClNO3S.C9H9NO4S/c1-5-3-6-8(7(4-5)14-2)15(12,13)11-9(6)10;1-5-3-6-8(7(4-5)14-2)15(12,13)10-9(6)11/h3-4H,1-2H3;3-4H,1-2H3,(H,10,11). The van der Waals surface area contributed by atoms with E-state index in [2.05, 4.69) is 4.40 Å². The zero-order valence-electron chi connectivity index (χ0n) is 16.3. The highest BCUT2D eigenvalue weighted by molar-refractivity contribution is 7.91. The molecule has 160 valence electrons. The van der Waals surface area contributed by atoms with Crippen LogP contribution in [0.2, 0.25) is 0 Å². The van der Waals surface area contributed by atoms with E-state index in [0.29, 0.717) is 5.56 Å². The fourth-order valence-electron chi connectivity index (χ4n) is 3.08. The van der Waals surface area contributed by atoms with Gasteiger partial charge in [-0.05, 0) is 49.2 Å². The van der Waals surface area contributed by atoms with Crippen LogP contribution in [0.3, 0.4) is 0 Å². The number of aryl methyl sites for hydroxylation is 2. The van der Waals surface area contributed by atoms with Crippen molar-refractivity contribution in [2.75, 3.05) is 14.2 Å². The smallest absolute Gasteiger partial charge is 0.288 e. The average molecular weight is 473 g/mol. The number of carbonyl (C=O) groups is 1. The molecule has 0 saturated carbocycles. The first-order valence-corrected chi connectivity index (χ1v) is 11.7. The Morgan fingerprint density at radius 1 is 0.867 bits per heavy atom. The first-order chi connectivity index (χ1) is 13.9. The van der Waals surface area contributed by atoms with Crippen LogP contribution in [-0.2, 0) is 20.0 Å². The summed E-state index contributed by atoms with van der Waals surface area (Å²) in [5.41, 5.74) is 2.20. The Kier molecular flexibility index (Phi) is 5.56. The molecule has 0 bridgehead atoms. The van der Waals surface area contributed by atoms with Gasteiger partial charge < -0.3 is 9.47 Å². The van der Waals surface area contributed by atoms with Gasteiger partial charge in [0.1, 0.15) is 21.3 Å². The van der Waals surface area contributed by atoms with E-state index in [9.17, 15) is 21.6 Å². The second kappa shape index (κ2) is 7.56. The van der Waals surface area contributed by atoms with Crippen LogP contribution >= 0.6 is 11.6 Å². The van der Waals surface area contributed by atoms with E-state index in [1.165, 1.54) is 20.3 Å². The molecule has 1 amide bonds. The number of halogens is 1. The Morgan fingerprint density at radius 3 is 1.90 bits per heavy atom. The summed E-state index contributed by atoms with van der Waals surface area (Å²) < 4.78 is 61.6. The Morgan fingerprint density at radius 2 is 1.37 bits per heavy atom. The number of amides is 1. The summed E-state index contributed by atoms with van der Waals surface area (Å²) >= 11 is 5.74. The molecule has 2 aliphatic rings. The number of methoxy groups -OCH3 is 2. The SMILES string of the molecule is COc1cc(C)cc2c1S(=O)(=O)N=C2Cl.COc1cc(C)cc2c1S(=O)(=O)NC2=O. The molecular formula is C18H17ClN2O7S2. The third kappa shape index (κ3) is 3.75. The molecule has 0 spiro atoms. The zero-order valence-corrected chi connectivity index (χ0v) is 18.7. The van der Waals surface area contributed by atoms with E-state index in [0.717, 1.165) is 11.1 Å². The number of fused-ring (bicyclic) bond motifs is 2. The maximum atomic E-state index is 11.6. The minimum Gasteiger partial charge on any atom is -0.495 e. The summed E-state index contributed by atoms with van der Waals surface area (Å²) in [5.74, 6) is -0.125. The van der Waals surface area contributed by atoms with Crippen molar-refractivity contribution in [3.8, 4) is 11.5 Å². The summed E-state index contributed by atoms with van der Waals surface area (Å²) in [6.45, 7) is 3.60. The van der Waals surface area contributed by atoms with Crippen LogP contribution in [-0.4, -0.2) is 42.1 Å². The number of rotatable bonds is 2. The molecule has 0 unspecified atom stereocenters. The fourth-order valence-corrected chi connectivity index (χ4v) is 6.09. The van der Waals surface area contributed by atoms with Gasteiger partial charge in [0.25, 0.3) is 26.0 Å². The molecule has 2 heterocycles. The first kappa shape index (κ1) is 22.1. The Labute approximate surface area is 178 Å². The van der Waals surface area contributed by atoms with Gasteiger partial charge in [0.15, 0.2) is 5.17 Å². The number of nitrogens with one attached hydrogen (secondary N) is 1. The topological polar surface area (TPSA) is 128 Å². The maximum absolute atomic E-state index is 11.6. The van der Waals surface area contributed by atoms with Crippen LogP contribution in [0.4, 0.5) is 0 Å². The number of benzene rings is 2. The quantitative estimate of drug-likeness (QED) is 0.708. The fraction of sp³-hybridized carbons (Fsp3) is 0.222. The van der Waals surface area contributed by atoms with Gasteiger partial charge in [-0.2, -0.15) is 8.42 Å². The van der Waals surface area contributed by atoms with Crippen molar-refractivity contribution < 1.29 is 31.1 Å². The lowest BCUT2D eigenvalue weighted by molar-refractivity contribution is 0.0984. The van der Waals surface area contributed by atoms with Gasteiger partial charge in [0.2, 0.25) is 0 Å². The van der Waals surface area contributed by atoms with E-state index in [4.69, 9.17) is 21.1 Å². The largest absolute Gasteiger partial charge is 0.495 e. The van der Waals surface area contributed by atoms with Crippen molar-refractivity contribution in [2.24, 2.45) is 4.40 Å². The van der Waals surface area contributed by atoms with E-state index in [1.54, 1.807) is 25.1 Å². The van der Waals surface area contributed by atoms with Gasteiger partial charge >= 0.3 is 0 Å². The molecule has 2 aromatic carbocycles. The van der Waals surface area contributed by atoms with Crippen LogP contribution < -0.4 is 14.2 Å². The molecule has 0 radical (unpaired) electrons. The maximum Gasteiger partial charge on any atom is 0.288 e. The van der Waals surface area contributed by atoms with Crippen molar-refractivity contribution in [1.29, 1.82) is 0 Å². The lowest BCUT2D eigenvalue weighted by Gasteiger charge is -2.06. The van der Waals surface area contributed by atoms with E-state index in [-0.39, 0.29) is 32.0 Å². The minimum atomic E-state index is -3.74. The molecular weight excluding hydrogens is 456 g/mol. The summed E-state index contributed by atoms with van der Waals surface area (Å²) in [4.78, 5) is 11.3. The molecule has 4 rings (SSSR count). The van der Waals surface area contributed by atoms with Crippen LogP contribution in [0.25, 0.3) is 0 Å². The number of sulfonamides is 2. The van der Waals surface area contributed by atoms with Crippen molar-refractivity contribution in [2.45, 2.75) is 23.6 Å². The predicted octanol–water partition coefficient (Wildman–Crippen LogP) is 2.13. The van der Waals surface area contributed by atoms with Crippen molar-refractivity contribution in [1.82, 2.24) is 4.72 Å². The van der Waals surface area contributed by atoms with Crippen LogP contribution in [0.5, 0.6) is 11.5 Å². The van der Waals surface area contributed by atoms with E-state index < -0.39 is 26.0 Å². The van der Waals surface area contributed by atoms with Gasteiger partial charge in [-0.3, -0.25) is 4.79 Å². The lowest BCUT2D eigenvalue weighted by atomic mass is 10.1. The van der Waals surface area contributed by atoms with Gasteiger partial charge in [0.05, 0.1) is 19.8 Å². The monoisotopic (exact) mass is 472 g/mol. The van der Waals surface area contributed by atoms with Gasteiger partial charge in [-0.15, -0.1) is 4.40 Å². The molecule has 12 heteroatoms. The number of nitrogens with zero attached hydrogens (tertiary/aromatic N) is 1. The molecule has 9 nitrogen and oxygen atoms in total. The number of carbonyl (C=O) groups excluding carboxylic acids is 1. The summed E-state index contributed by atoms with van der Waals surface area (Å²) in [5, 5.41) is -0.00741. The summed E-state index contributed by atoms with van der Waals surface area (Å²) in [7, 11) is -4.64. The molecule has 1 N–H and O–H groups in total. The minimum absolute atomic E-state index is 0.00741. The first-order valence-electron chi connectivity index (χ1n) is 8.36. The molecule has 0 aromatic heterocycles. The third-order valence-corrected chi connectivity index (χ3v) is 7.42. The van der Waals surface area contributed by atoms with Crippen LogP contribution in [0.15, 0.2) is 38.5 Å². The molecule has 2 aromatic rings. The summed E-state index contributed by atoms with van der Waals surface area (Å²) in [6, 6.07) is 6.42. The van der Waals surface area contributed by atoms with Crippen LogP contribution in [0.1, 0.15) is 27.0 Å². The molecule has 30 heavy (non-hydrogen) atoms. The van der Waals surface area contributed by atoms with E-state index in [1.807, 2.05) is 11.6 Å². The highest BCUT2D eigenvalue weighted by atomic mass is 35.5. The molecule has 0 saturated heterocycles. The van der Waals surface area contributed by atoms with E-state index >= 15 is 0 Å². The van der Waals surface area contributed by atoms with Gasteiger partial charge in [-0.25, -0.2) is 13.1 Å². The number of hydrogen-bond donors (Lipinski definition) is 1. The normalized spacial score (nSPS) is 17.1. The van der Waals surface area contributed by atoms with Gasteiger partial charge in [-0.1, -0.05) is 11.6 Å². The van der Waals surface area contributed by atoms with Crippen molar-refractivity contribution in [3.63, 3.8) is 0 Å². The molecule has 0 atom stereocenters. The summed E-state index contributed by atoms with van der Waals surface area (Å²) in [6.07, 6.45) is 0. The second-order valence-corrected chi connectivity index (χ2v) is 10.00. The predicted molar refractivity (Wildman–Crippen MR) is 110 cm³/mol. The third-order valence-electron chi connectivity index (χ3n) is 4.26. The van der Waals surface area contributed by atoms with Crippen LogP contribution in [0, 0.1) is 13.8 Å². The van der Waals surface area contributed by atoms with Crippen molar-refractivity contribution in [3.05, 3.63) is 46.5 Å². The van der Waals surface area contributed by atoms with Gasteiger partial charge in [0, 0.05) is 5.56 Å². The number of hydrogen-bond acceptors (Lipinski definition) is 7. The molecule has 2 aliphatic heterocycles.